The van der Waals surface area contributed by atoms with Crippen molar-refractivity contribution in [3.8, 4) is 11.5 Å². The fourth-order valence-corrected chi connectivity index (χ4v) is 1.60. The lowest BCUT2D eigenvalue weighted by Crippen LogP contribution is -2.44. The molecular weight excluding hydrogens is 250 g/mol. The van der Waals surface area contributed by atoms with E-state index in [9.17, 15) is 14.7 Å². The number of benzene rings is 1. The van der Waals surface area contributed by atoms with Gasteiger partial charge in [0.05, 0.1) is 12.7 Å². The van der Waals surface area contributed by atoms with Crippen molar-refractivity contribution >= 4 is 11.9 Å². The predicted molar refractivity (Wildman–Crippen MR) is 68.4 cm³/mol. The van der Waals surface area contributed by atoms with E-state index >= 15 is 0 Å². The van der Waals surface area contributed by atoms with Crippen LogP contribution in [0.25, 0.3) is 0 Å². The number of rotatable bonds is 5. The van der Waals surface area contributed by atoms with Gasteiger partial charge in [-0.15, -0.1) is 0 Å². The van der Waals surface area contributed by atoms with Gasteiger partial charge in [-0.05, 0) is 18.1 Å². The molecule has 0 aliphatic rings. The molecule has 0 bridgehead atoms. The number of para-hydroxylation sites is 1. The zero-order valence-electron chi connectivity index (χ0n) is 11.0. The predicted octanol–water partition coefficient (Wildman–Crippen LogP) is 1.24. The molecule has 0 aromatic heterocycles. The summed E-state index contributed by atoms with van der Waals surface area (Å²) in [5.41, 5.74) is -0.0220. The Kier molecular flexibility index (Phi) is 4.74. The van der Waals surface area contributed by atoms with Gasteiger partial charge in [0.25, 0.3) is 5.91 Å². The number of nitrogens with one attached hydrogen (secondary N) is 1. The lowest BCUT2D eigenvalue weighted by atomic mass is 10.0. The van der Waals surface area contributed by atoms with Crippen LogP contribution in [-0.4, -0.2) is 35.2 Å². The number of carboxylic acid groups (broad SMARTS) is 1. The Morgan fingerprint density at radius 1 is 1.32 bits per heavy atom. The molecule has 0 radical (unpaired) electrons. The molecular formula is C13H17NO5. The maximum Gasteiger partial charge on any atom is 0.326 e. The van der Waals surface area contributed by atoms with E-state index in [0.29, 0.717) is 0 Å². The van der Waals surface area contributed by atoms with Gasteiger partial charge in [-0.1, -0.05) is 19.9 Å². The highest BCUT2D eigenvalue weighted by Crippen LogP contribution is 2.29. The Hall–Kier alpha value is -2.24. The second kappa shape index (κ2) is 6.08. The summed E-state index contributed by atoms with van der Waals surface area (Å²) in [5, 5.41) is 21.2. The van der Waals surface area contributed by atoms with Gasteiger partial charge >= 0.3 is 5.97 Å². The van der Waals surface area contributed by atoms with Crippen molar-refractivity contribution in [3.63, 3.8) is 0 Å². The molecule has 6 heteroatoms. The fourth-order valence-electron chi connectivity index (χ4n) is 1.60. The highest BCUT2D eigenvalue weighted by atomic mass is 16.5. The van der Waals surface area contributed by atoms with E-state index in [1.165, 1.54) is 19.2 Å². The summed E-state index contributed by atoms with van der Waals surface area (Å²) in [5.74, 6) is -2.20. The average Bonchev–Trinajstić information content (AvgIpc) is 2.35. The number of aromatic hydroxyl groups is 1. The molecule has 19 heavy (non-hydrogen) atoms. The SMILES string of the molecule is COc1cccc(C(=O)NC(C(=O)O)C(C)C)c1O. The van der Waals surface area contributed by atoms with Crippen molar-refractivity contribution in [2.24, 2.45) is 5.92 Å². The first-order valence-corrected chi connectivity index (χ1v) is 5.78. The lowest BCUT2D eigenvalue weighted by molar-refractivity contribution is -0.140. The first-order chi connectivity index (χ1) is 8.88. The van der Waals surface area contributed by atoms with Crippen LogP contribution in [0.4, 0.5) is 0 Å². The number of amides is 1. The Morgan fingerprint density at radius 3 is 2.42 bits per heavy atom. The molecule has 0 spiro atoms. The van der Waals surface area contributed by atoms with Crippen molar-refractivity contribution < 1.29 is 24.5 Å². The van der Waals surface area contributed by atoms with Crippen molar-refractivity contribution in [2.45, 2.75) is 19.9 Å². The van der Waals surface area contributed by atoms with E-state index in [4.69, 9.17) is 9.84 Å². The normalized spacial score (nSPS) is 12.0. The summed E-state index contributed by atoms with van der Waals surface area (Å²) in [4.78, 5) is 23.0. The Balaban J connectivity index is 2.98. The minimum absolute atomic E-state index is 0.0220. The van der Waals surface area contributed by atoms with E-state index in [2.05, 4.69) is 5.32 Å². The molecule has 1 unspecified atom stereocenters. The van der Waals surface area contributed by atoms with Crippen molar-refractivity contribution in [1.82, 2.24) is 5.32 Å². The maximum absolute atomic E-state index is 12.0. The number of hydrogen-bond donors (Lipinski definition) is 3. The third kappa shape index (κ3) is 3.37. The Bertz CT molecular complexity index is 484. The number of carbonyl (C=O) groups is 2. The van der Waals surface area contributed by atoms with Crippen LogP contribution >= 0.6 is 0 Å². The van der Waals surface area contributed by atoms with Crippen LogP contribution in [0.3, 0.4) is 0 Å². The number of ether oxygens (including phenoxy) is 1. The average molecular weight is 267 g/mol. The van der Waals surface area contributed by atoms with Gasteiger partial charge in [-0.2, -0.15) is 0 Å². The second-order valence-corrected chi connectivity index (χ2v) is 4.39. The number of phenols is 1. The number of phenolic OH excluding ortho intramolecular Hbond substituents is 1. The molecule has 0 aliphatic carbocycles. The van der Waals surface area contributed by atoms with Crippen LogP contribution < -0.4 is 10.1 Å². The Labute approximate surface area is 111 Å². The van der Waals surface area contributed by atoms with Gasteiger partial charge in [0, 0.05) is 0 Å². The standard InChI is InChI=1S/C13H17NO5/c1-7(2)10(13(17)18)14-12(16)8-5-4-6-9(19-3)11(8)15/h4-7,10,15H,1-3H3,(H,14,16)(H,17,18). The van der Waals surface area contributed by atoms with Gasteiger partial charge in [-0.3, -0.25) is 4.79 Å². The van der Waals surface area contributed by atoms with Crippen molar-refractivity contribution in [2.75, 3.05) is 7.11 Å². The Morgan fingerprint density at radius 2 is 1.95 bits per heavy atom. The fraction of sp³-hybridized carbons (Fsp3) is 0.385. The molecule has 3 N–H and O–H groups in total. The third-order valence-electron chi connectivity index (χ3n) is 2.68. The highest BCUT2D eigenvalue weighted by Gasteiger charge is 2.25. The van der Waals surface area contributed by atoms with Crippen LogP contribution in [-0.2, 0) is 4.79 Å². The number of aliphatic carboxylic acids is 1. The van der Waals surface area contributed by atoms with Crippen molar-refractivity contribution in [3.05, 3.63) is 23.8 Å². The second-order valence-electron chi connectivity index (χ2n) is 4.39. The van der Waals surface area contributed by atoms with Crippen LogP contribution in [0.1, 0.15) is 24.2 Å². The van der Waals surface area contributed by atoms with E-state index in [-0.39, 0.29) is 23.0 Å². The molecule has 0 heterocycles. The van der Waals surface area contributed by atoms with Crippen LogP contribution in [0.2, 0.25) is 0 Å². The number of carboxylic acids is 1. The maximum atomic E-state index is 12.0. The van der Waals surface area contributed by atoms with Crippen molar-refractivity contribution in [1.29, 1.82) is 0 Å². The molecule has 0 aliphatic heterocycles. The molecule has 104 valence electrons. The molecule has 1 amide bonds. The van der Waals surface area contributed by atoms with Gasteiger partial charge in [0.15, 0.2) is 11.5 Å². The zero-order chi connectivity index (χ0) is 14.6. The summed E-state index contributed by atoms with van der Waals surface area (Å²) >= 11 is 0. The van der Waals surface area contributed by atoms with Gasteiger partial charge in [-0.25, -0.2) is 4.79 Å². The smallest absolute Gasteiger partial charge is 0.326 e. The van der Waals surface area contributed by atoms with E-state index in [0.717, 1.165) is 0 Å². The van der Waals surface area contributed by atoms with Crippen LogP contribution in [0.15, 0.2) is 18.2 Å². The first-order valence-electron chi connectivity index (χ1n) is 5.78. The third-order valence-corrected chi connectivity index (χ3v) is 2.68. The summed E-state index contributed by atoms with van der Waals surface area (Å²) in [6.07, 6.45) is 0. The molecule has 1 aromatic carbocycles. The van der Waals surface area contributed by atoms with Crippen LogP contribution in [0, 0.1) is 5.92 Å². The largest absolute Gasteiger partial charge is 0.504 e. The molecule has 1 aromatic rings. The molecule has 0 fully saturated rings. The molecule has 6 nitrogen and oxygen atoms in total. The van der Waals surface area contributed by atoms with E-state index < -0.39 is 17.9 Å². The lowest BCUT2D eigenvalue weighted by Gasteiger charge is -2.18. The van der Waals surface area contributed by atoms with Crippen LogP contribution in [0.5, 0.6) is 11.5 Å². The minimum Gasteiger partial charge on any atom is -0.504 e. The zero-order valence-corrected chi connectivity index (χ0v) is 11.0. The number of methoxy groups -OCH3 is 1. The van der Waals surface area contributed by atoms with Gasteiger partial charge in [0.1, 0.15) is 6.04 Å². The molecule has 1 rings (SSSR count). The monoisotopic (exact) mass is 267 g/mol. The first kappa shape index (κ1) is 14.8. The van der Waals surface area contributed by atoms with Gasteiger partial charge < -0.3 is 20.3 Å². The summed E-state index contributed by atoms with van der Waals surface area (Å²) < 4.78 is 4.89. The number of hydrogen-bond acceptors (Lipinski definition) is 4. The summed E-state index contributed by atoms with van der Waals surface area (Å²) in [6.45, 7) is 3.37. The molecule has 0 saturated carbocycles. The quantitative estimate of drug-likeness (QED) is 0.746. The molecule has 0 saturated heterocycles. The van der Waals surface area contributed by atoms with E-state index in [1.807, 2.05) is 0 Å². The highest BCUT2D eigenvalue weighted by molar-refractivity contribution is 5.99. The number of carbonyl (C=O) groups excluding carboxylic acids is 1. The van der Waals surface area contributed by atoms with Gasteiger partial charge in [0.2, 0.25) is 0 Å². The summed E-state index contributed by atoms with van der Waals surface area (Å²) in [7, 11) is 1.37. The minimum atomic E-state index is -1.12. The van der Waals surface area contributed by atoms with E-state index in [1.54, 1.807) is 19.9 Å². The topological polar surface area (TPSA) is 95.9 Å². The summed E-state index contributed by atoms with van der Waals surface area (Å²) in [6, 6.07) is 3.42. The molecule has 1 atom stereocenters.